The van der Waals surface area contributed by atoms with E-state index in [4.69, 9.17) is 18.9 Å². The molecule has 1 saturated heterocycles. The van der Waals surface area contributed by atoms with Gasteiger partial charge in [-0.05, 0) is 64.7 Å². The molecule has 1 fully saturated rings. The number of fused-ring (bicyclic) bond motifs is 2. The monoisotopic (exact) mass is 578 g/mol. The lowest BCUT2D eigenvalue weighted by atomic mass is 9.82. The zero-order valence-corrected chi connectivity index (χ0v) is 23.0. The van der Waals surface area contributed by atoms with Gasteiger partial charge < -0.3 is 29.2 Å². The van der Waals surface area contributed by atoms with Crippen LogP contribution in [-0.2, 0) is 16.0 Å². The average molecular weight is 579 g/mol. The Hall–Kier alpha value is -3.98. The van der Waals surface area contributed by atoms with Gasteiger partial charge in [-0.3, -0.25) is 9.59 Å². The van der Waals surface area contributed by atoms with E-state index >= 15 is 0 Å². The topological polar surface area (TPSA) is 86.3 Å². The van der Waals surface area contributed by atoms with E-state index < -0.39 is 12.1 Å². The van der Waals surface area contributed by atoms with E-state index in [-0.39, 0.29) is 17.5 Å². The molecule has 0 bridgehead atoms. The van der Waals surface area contributed by atoms with Gasteiger partial charge in [0.25, 0.3) is 5.91 Å². The number of hydrogen-bond acceptors (Lipinski definition) is 6. The SMILES string of the molecule is COc1ccc(/C=C2\NC(=O)[C@@H]3Cc4cc(OC)c(OC)cc4[C@@H](c4ccc(Br)cc4)N3C2=O)cc1OC. The molecule has 5 rings (SSSR count). The van der Waals surface area contributed by atoms with Gasteiger partial charge in [0.05, 0.1) is 34.5 Å². The molecule has 1 N–H and O–H groups in total. The second-order valence-electron chi connectivity index (χ2n) is 8.95. The molecule has 196 valence electrons. The summed E-state index contributed by atoms with van der Waals surface area (Å²) in [4.78, 5) is 29.2. The Morgan fingerprint density at radius 2 is 1.47 bits per heavy atom. The molecule has 38 heavy (non-hydrogen) atoms. The molecule has 8 nitrogen and oxygen atoms in total. The smallest absolute Gasteiger partial charge is 0.271 e. The number of benzene rings is 3. The second kappa shape index (κ2) is 10.4. The van der Waals surface area contributed by atoms with Crippen molar-refractivity contribution < 1.29 is 28.5 Å². The first-order valence-electron chi connectivity index (χ1n) is 12.0. The predicted molar refractivity (Wildman–Crippen MR) is 146 cm³/mol. The Morgan fingerprint density at radius 3 is 2.13 bits per heavy atom. The van der Waals surface area contributed by atoms with Crippen LogP contribution in [0.2, 0.25) is 0 Å². The summed E-state index contributed by atoms with van der Waals surface area (Å²) in [5, 5.41) is 2.84. The number of carbonyl (C=O) groups is 2. The highest BCUT2D eigenvalue weighted by molar-refractivity contribution is 9.10. The third-order valence-corrected chi connectivity index (χ3v) is 7.43. The van der Waals surface area contributed by atoms with Crippen molar-refractivity contribution in [3.8, 4) is 23.0 Å². The van der Waals surface area contributed by atoms with Gasteiger partial charge in [-0.15, -0.1) is 0 Å². The van der Waals surface area contributed by atoms with E-state index in [0.717, 1.165) is 21.2 Å². The predicted octanol–water partition coefficient (Wildman–Crippen LogP) is 4.50. The quantitative estimate of drug-likeness (QED) is 0.433. The van der Waals surface area contributed by atoms with Crippen LogP contribution in [0.15, 0.2) is 64.8 Å². The molecule has 2 heterocycles. The summed E-state index contributed by atoms with van der Waals surface area (Å²) in [5.74, 6) is 1.69. The Kier molecular flexibility index (Phi) is 7.03. The molecular weight excluding hydrogens is 552 g/mol. The number of amides is 2. The maximum absolute atomic E-state index is 14.0. The van der Waals surface area contributed by atoms with Gasteiger partial charge >= 0.3 is 0 Å². The van der Waals surface area contributed by atoms with Crippen molar-refractivity contribution in [3.05, 3.63) is 87.0 Å². The van der Waals surface area contributed by atoms with Crippen LogP contribution in [0.3, 0.4) is 0 Å². The van der Waals surface area contributed by atoms with Crippen molar-refractivity contribution >= 4 is 33.8 Å². The van der Waals surface area contributed by atoms with Gasteiger partial charge in [0.1, 0.15) is 11.7 Å². The van der Waals surface area contributed by atoms with Crippen molar-refractivity contribution in [3.63, 3.8) is 0 Å². The molecule has 2 atom stereocenters. The van der Waals surface area contributed by atoms with Crippen LogP contribution >= 0.6 is 15.9 Å². The second-order valence-corrected chi connectivity index (χ2v) is 9.87. The minimum Gasteiger partial charge on any atom is -0.493 e. The minimum atomic E-state index is -0.690. The number of halogens is 1. The highest BCUT2D eigenvalue weighted by Crippen LogP contribution is 2.44. The Balaban J connectivity index is 1.64. The maximum Gasteiger partial charge on any atom is 0.271 e. The Morgan fingerprint density at radius 1 is 0.842 bits per heavy atom. The van der Waals surface area contributed by atoms with Crippen molar-refractivity contribution in [2.24, 2.45) is 0 Å². The fraction of sp³-hybridized carbons (Fsp3) is 0.241. The summed E-state index contributed by atoms with van der Waals surface area (Å²) in [7, 11) is 6.26. The summed E-state index contributed by atoms with van der Waals surface area (Å²) < 4.78 is 22.7. The zero-order chi connectivity index (χ0) is 27.0. The highest BCUT2D eigenvalue weighted by Gasteiger charge is 2.46. The lowest BCUT2D eigenvalue weighted by Crippen LogP contribution is -2.60. The third kappa shape index (κ3) is 4.47. The van der Waals surface area contributed by atoms with Crippen molar-refractivity contribution in [2.45, 2.75) is 18.5 Å². The molecule has 0 radical (unpaired) electrons. The first kappa shape index (κ1) is 25.7. The molecule has 0 aromatic heterocycles. The Labute approximate surface area is 229 Å². The number of hydrogen-bond donors (Lipinski definition) is 1. The molecular formula is C29H27BrN2O6. The van der Waals surface area contributed by atoms with E-state index in [0.29, 0.717) is 35.0 Å². The summed E-state index contributed by atoms with van der Waals surface area (Å²) in [6.07, 6.45) is 2.01. The van der Waals surface area contributed by atoms with E-state index in [2.05, 4.69) is 21.2 Å². The van der Waals surface area contributed by atoms with Crippen LogP contribution in [0, 0.1) is 0 Å². The molecule has 0 saturated carbocycles. The molecule has 3 aromatic carbocycles. The number of methoxy groups -OCH3 is 4. The van der Waals surface area contributed by atoms with Crippen LogP contribution < -0.4 is 24.3 Å². The molecule has 2 aliphatic heterocycles. The number of piperazine rings is 1. The lowest BCUT2D eigenvalue weighted by Gasteiger charge is -2.45. The van der Waals surface area contributed by atoms with Gasteiger partial charge in [-0.1, -0.05) is 34.1 Å². The van der Waals surface area contributed by atoms with Gasteiger partial charge in [0, 0.05) is 10.9 Å². The summed E-state index contributed by atoms with van der Waals surface area (Å²) in [5.41, 5.74) is 3.56. The van der Waals surface area contributed by atoms with Crippen LogP contribution in [0.25, 0.3) is 6.08 Å². The standard InChI is InChI=1S/C29H27BrN2O6/c1-35-23-10-5-16(12-24(23)36-2)11-21-29(34)32-22(28(33)31-21)13-18-14-25(37-3)26(38-4)15-20(18)27(32)17-6-8-19(30)9-7-17/h5-12,14-15,22,27H,13H2,1-4H3,(H,31,33)/b21-11-/t22-,27+/m0/s1. The van der Waals surface area contributed by atoms with Gasteiger partial charge in [0.2, 0.25) is 5.91 Å². The van der Waals surface area contributed by atoms with Crippen LogP contribution in [0.5, 0.6) is 23.0 Å². The first-order chi connectivity index (χ1) is 18.4. The largest absolute Gasteiger partial charge is 0.493 e. The van der Waals surface area contributed by atoms with E-state index in [9.17, 15) is 9.59 Å². The number of rotatable bonds is 6. The third-order valence-electron chi connectivity index (χ3n) is 6.90. The first-order valence-corrected chi connectivity index (χ1v) is 12.7. The maximum atomic E-state index is 14.0. The normalized spacial score (nSPS) is 19.4. The number of ether oxygens (including phenoxy) is 4. The molecule has 9 heteroatoms. The van der Waals surface area contributed by atoms with Crippen molar-refractivity contribution in [2.75, 3.05) is 28.4 Å². The van der Waals surface area contributed by atoms with Gasteiger partial charge in [-0.25, -0.2) is 0 Å². The van der Waals surface area contributed by atoms with E-state index in [1.807, 2.05) is 36.4 Å². The molecule has 3 aromatic rings. The van der Waals surface area contributed by atoms with Crippen molar-refractivity contribution in [1.29, 1.82) is 0 Å². The van der Waals surface area contributed by atoms with Crippen molar-refractivity contribution in [1.82, 2.24) is 10.2 Å². The van der Waals surface area contributed by atoms with Crippen LogP contribution in [-0.4, -0.2) is 51.2 Å². The average Bonchev–Trinajstić information content (AvgIpc) is 2.94. The molecule has 0 unspecified atom stereocenters. The number of nitrogens with zero attached hydrogens (tertiary/aromatic N) is 1. The Bertz CT molecular complexity index is 1440. The lowest BCUT2D eigenvalue weighted by molar-refractivity contribution is -0.144. The molecule has 0 aliphatic carbocycles. The molecule has 0 spiro atoms. The van der Waals surface area contributed by atoms with Crippen LogP contribution in [0.4, 0.5) is 0 Å². The summed E-state index contributed by atoms with van der Waals surface area (Å²) in [6, 6.07) is 15.7. The fourth-order valence-corrected chi connectivity index (χ4v) is 5.35. The number of nitrogens with one attached hydrogen (secondary N) is 1. The highest BCUT2D eigenvalue weighted by atomic mass is 79.9. The van der Waals surface area contributed by atoms with Gasteiger partial charge in [0.15, 0.2) is 23.0 Å². The number of carbonyl (C=O) groups excluding carboxylic acids is 2. The summed E-state index contributed by atoms with van der Waals surface area (Å²) >= 11 is 3.49. The van der Waals surface area contributed by atoms with Gasteiger partial charge in [-0.2, -0.15) is 0 Å². The zero-order valence-electron chi connectivity index (χ0n) is 21.4. The minimum absolute atomic E-state index is 0.185. The van der Waals surface area contributed by atoms with Crippen LogP contribution in [0.1, 0.15) is 28.3 Å². The summed E-state index contributed by atoms with van der Waals surface area (Å²) in [6.45, 7) is 0. The molecule has 2 amide bonds. The van der Waals surface area contributed by atoms with E-state index in [1.165, 1.54) is 0 Å². The molecule has 2 aliphatic rings. The fourth-order valence-electron chi connectivity index (χ4n) is 5.08. The van der Waals surface area contributed by atoms with E-state index in [1.54, 1.807) is 57.6 Å².